The van der Waals surface area contributed by atoms with E-state index in [2.05, 4.69) is 15.9 Å². The highest BCUT2D eigenvalue weighted by Crippen LogP contribution is 2.31. The zero-order valence-electron chi connectivity index (χ0n) is 18.7. The van der Waals surface area contributed by atoms with Gasteiger partial charge < -0.3 is 14.4 Å². The molecule has 1 heterocycles. The van der Waals surface area contributed by atoms with E-state index in [-0.39, 0.29) is 24.8 Å². The Balaban J connectivity index is 1.70. The van der Waals surface area contributed by atoms with E-state index in [0.717, 1.165) is 14.9 Å². The first-order valence-corrected chi connectivity index (χ1v) is 11.4. The van der Waals surface area contributed by atoms with Crippen molar-refractivity contribution in [3.63, 3.8) is 0 Å². The first kappa shape index (κ1) is 23.5. The van der Waals surface area contributed by atoms with E-state index < -0.39 is 11.9 Å². The maximum absolute atomic E-state index is 13.7. The van der Waals surface area contributed by atoms with Gasteiger partial charge in [-0.25, -0.2) is 4.90 Å². The number of hydrogen-bond acceptors (Lipinski definition) is 5. The van der Waals surface area contributed by atoms with Gasteiger partial charge >= 0.3 is 0 Å². The molecule has 3 amide bonds. The van der Waals surface area contributed by atoms with Crippen LogP contribution >= 0.6 is 15.9 Å². The van der Waals surface area contributed by atoms with E-state index in [4.69, 9.17) is 9.47 Å². The van der Waals surface area contributed by atoms with Crippen LogP contribution in [0.2, 0.25) is 0 Å². The number of halogens is 1. The molecular weight excluding hydrogens is 500 g/mol. The predicted octanol–water partition coefficient (Wildman–Crippen LogP) is 4.44. The highest BCUT2D eigenvalue weighted by molar-refractivity contribution is 9.10. The zero-order valence-corrected chi connectivity index (χ0v) is 20.3. The minimum Gasteiger partial charge on any atom is -0.493 e. The molecule has 0 saturated carbocycles. The molecule has 1 atom stereocenters. The summed E-state index contributed by atoms with van der Waals surface area (Å²) in [5, 5.41) is 0. The number of methoxy groups -OCH3 is 2. The van der Waals surface area contributed by atoms with Gasteiger partial charge in [-0.05, 0) is 48.0 Å². The van der Waals surface area contributed by atoms with E-state index in [1.165, 1.54) is 19.1 Å². The Morgan fingerprint density at radius 2 is 1.65 bits per heavy atom. The normalized spacial score (nSPS) is 15.4. The SMILES string of the molecule is COc1ccc(C(=O)N(Cc2ccccc2)C2CC(=O)N(c3ccc(Br)cc3)C2=O)cc1OC. The van der Waals surface area contributed by atoms with Crippen molar-refractivity contribution >= 4 is 39.3 Å². The van der Waals surface area contributed by atoms with Gasteiger partial charge in [0.05, 0.1) is 26.3 Å². The fourth-order valence-electron chi connectivity index (χ4n) is 3.96. The van der Waals surface area contributed by atoms with Crippen LogP contribution in [-0.4, -0.2) is 42.9 Å². The minimum absolute atomic E-state index is 0.0965. The number of carbonyl (C=O) groups is 3. The second-order valence-corrected chi connectivity index (χ2v) is 8.67. The molecule has 1 aliphatic heterocycles. The molecule has 0 radical (unpaired) electrons. The van der Waals surface area contributed by atoms with Crippen LogP contribution in [0.4, 0.5) is 5.69 Å². The fourth-order valence-corrected chi connectivity index (χ4v) is 4.22. The van der Waals surface area contributed by atoms with Crippen LogP contribution < -0.4 is 14.4 Å². The second kappa shape index (κ2) is 10.1. The first-order valence-electron chi connectivity index (χ1n) is 10.6. The lowest BCUT2D eigenvalue weighted by atomic mass is 10.1. The summed E-state index contributed by atoms with van der Waals surface area (Å²) in [5.74, 6) is -0.276. The molecule has 174 valence electrons. The van der Waals surface area contributed by atoms with E-state index in [1.807, 2.05) is 30.3 Å². The van der Waals surface area contributed by atoms with E-state index in [0.29, 0.717) is 22.7 Å². The van der Waals surface area contributed by atoms with Crippen LogP contribution in [0.3, 0.4) is 0 Å². The van der Waals surface area contributed by atoms with Crippen LogP contribution in [0, 0.1) is 0 Å². The van der Waals surface area contributed by atoms with Gasteiger partial charge in [-0.1, -0.05) is 46.3 Å². The molecule has 0 spiro atoms. The molecule has 4 rings (SSSR count). The van der Waals surface area contributed by atoms with Crippen LogP contribution in [-0.2, 0) is 16.1 Å². The topological polar surface area (TPSA) is 76.2 Å². The molecule has 0 N–H and O–H groups in total. The third-order valence-corrected chi connectivity index (χ3v) is 6.20. The molecule has 34 heavy (non-hydrogen) atoms. The first-order chi connectivity index (χ1) is 16.4. The number of carbonyl (C=O) groups excluding carboxylic acids is 3. The third-order valence-electron chi connectivity index (χ3n) is 5.67. The largest absolute Gasteiger partial charge is 0.493 e. The predicted molar refractivity (Wildman–Crippen MR) is 131 cm³/mol. The average Bonchev–Trinajstić information content (AvgIpc) is 3.16. The lowest BCUT2D eigenvalue weighted by Crippen LogP contribution is -2.45. The van der Waals surface area contributed by atoms with Crippen molar-refractivity contribution in [1.82, 2.24) is 4.90 Å². The summed E-state index contributed by atoms with van der Waals surface area (Å²) in [4.78, 5) is 42.6. The summed E-state index contributed by atoms with van der Waals surface area (Å²) < 4.78 is 11.4. The van der Waals surface area contributed by atoms with E-state index >= 15 is 0 Å². The van der Waals surface area contributed by atoms with Gasteiger partial charge in [0, 0.05) is 16.6 Å². The standard InChI is InChI=1S/C26H23BrN2O5/c1-33-22-13-8-18(14-23(22)34-2)25(31)28(16-17-6-4-3-5-7-17)21-15-24(30)29(26(21)32)20-11-9-19(27)10-12-20/h3-14,21H,15-16H2,1-2H3. The number of nitrogens with zero attached hydrogens (tertiary/aromatic N) is 2. The minimum atomic E-state index is -0.933. The van der Waals surface area contributed by atoms with Crippen molar-refractivity contribution in [2.24, 2.45) is 0 Å². The molecule has 0 aromatic heterocycles. The molecular formula is C26H23BrN2O5. The van der Waals surface area contributed by atoms with Crippen molar-refractivity contribution in [2.75, 3.05) is 19.1 Å². The Kier molecular flexibility index (Phi) is 6.98. The Labute approximate surface area is 206 Å². The van der Waals surface area contributed by atoms with Crippen LogP contribution in [0.5, 0.6) is 11.5 Å². The van der Waals surface area contributed by atoms with E-state index in [9.17, 15) is 14.4 Å². The molecule has 1 unspecified atom stereocenters. The van der Waals surface area contributed by atoms with Crippen molar-refractivity contribution in [1.29, 1.82) is 0 Å². The van der Waals surface area contributed by atoms with Crippen molar-refractivity contribution in [3.05, 3.63) is 88.4 Å². The molecule has 1 fully saturated rings. The second-order valence-electron chi connectivity index (χ2n) is 7.75. The number of imide groups is 1. The van der Waals surface area contributed by atoms with Gasteiger partial charge in [-0.15, -0.1) is 0 Å². The maximum atomic E-state index is 13.7. The summed E-state index contributed by atoms with van der Waals surface area (Å²) in [7, 11) is 3.00. The zero-order chi connectivity index (χ0) is 24.2. The number of anilines is 1. The van der Waals surface area contributed by atoms with Gasteiger partial charge in [-0.3, -0.25) is 14.4 Å². The Hall–Kier alpha value is -3.65. The number of amides is 3. The van der Waals surface area contributed by atoms with Gasteiger partial charge in [0.1, 0.15) is 6.04 Å². The quantitative estimate of drug-likeness (QED) is 0.428. The van der Waals surface area contributed by atoms with Crippen LogP contribution in [0.15, 0.2) is 77.3 Å². The van der Waals surface area contributed by atoms with Crippen molar-refractivity contribution < 1.29 is 23.9 Å². The smallest absolute Gasteiger partial charge is 0.257 e. The fraction of sp³-hybridized carbons (Fsp3) is 0.192. The monoisotopic (exact) mass is 522 g/mol. The number of ether oxygens (including phenoxy) is 2. The highest BCUT2D eigenvalue weighted by atomic mass is 79.9. The van der Waals surface area contributed by atoms with Crippen LogP contribution in [0.1, 0.15) is 22.3 Å². The molecule has 0 aliphatic carbocycles. The maximum Gasteiger partial charge on any atom is 0.257 e. The lowest BCUT2D eigenvalue weighted by molar-refractivity contribution is -0.122. The van der Waals surface area contributed by atoms with Crippen molar-refractivity contribution in [3.8, 4) is 11.5 Å². The Bertz CT molecular complexity index is 1210. The highest BCUT2D eigenvalue weighted by Gasteiger charge is 2.44. The molecule has 1 saturated heterocycles. The van der Waals surface area contributed by atoms with E-state index in [1.54, 1.807) is 42.5 Å². The Morgan fingerprint density at radius 1 is 0.971 bits per heavy atom. The summed E-state index contributed by atoms with van der Waals surface area (Å²) in [6.07, 6.45) is -0.0965. The van der Waals surface area contributed by atoms with Gasteiger partial charge in [0.2, 0.25) is 5.91 Å². The van der Waals surface area contributed by atoms with Gasteiger partial charge in [0.25, 0.3) is 11.8 Å². The summed E-state index contributed by atoms with van der Waals surface area (Å²) in [5.41, 5.74) is 1.65. The Morgan fingerprint density at radius 3 is 2.29 bits per heavy atom. The van der Waals surface area contributed by atoms with Gasteiger partial charge in [-0.2, -0.15) is 0 Å². The number of rotatable bonds is 7. The third kappa shape index (κ3) is 4.68. The summed E-state index contributed by atoms with van der Waals surface area (Å²) >= 11 is 3.36. The molecule has 7 nitrogen and oxygen atoms in total. The van der Waals surface area contributed by atoms with Crippen LogP contribution in [0.25, 0.3) is 0 Å². The molecule has 3 aromatic rings. The number of hydrogen-bond donors (Lipinski definition) is 0. The van der Waals surface area contributed by atoms with Crippen molar-refractivity contribution in [2.45, 2.75) is 19.0 Å². The summed E-state index contributed by atoms with van der Waals surface area (Å²) in [6.45, 7) is 0.173. The molecule has 8 heteroatoms. The average molecular weight is 523 g/mol. The lowest BCUT2D eigenvalue weighted by Gasteiger charge is -2.28. The summed E-state index contributed by atoms with van der Waals surface area (Å²) in [6, 6.07) is 20.2. The number of benzene rings is 3. The molecule has 0 bridgehead atoms. The van der Waals surface area contributed by atoms with Gasteiger partial charge in [0.15, 0.2) is 11.5 Å². The molecule has 3 aromatic carbocycles. The molecule has 1 aliphatic rings.